The van der Waals surface area contributed by atoms with Crippen LogP contribution in [0.5, 0.6) is 0 Å². The van der Waals surface area contributed by atoms with E-state index in [1.807, 2.05) is 47.0 Å². The van der Waals surface area contributed by atoms with Crippen molar-refractivity contribution < 1.29 is 19.7 Å². The highest BCUT2D eigenvalue weighted by molar-refractivity contribution is 5.87. The van der Waals surface area contributed by atoms with Gasteiger partial charge in [0.2, 0.25) is 5.95 Å². The number of fused-ring (bicyclic) bond motifs is 1. The first-order valence-corrected chi connectivity index (χ1v) is 10.4. The molecular formula is C22H29N5O4. The molecule has 0 bridgehead atoms. The van der Waals surface area contributed by atoms with E-state index in [2.05, 4.69) is 20.3 Å². The van der Waals surface area contributed by atoms with Gasteiger partial charge in [0.25, 0.3) is 0 Å². The van der Waals surface area contributed by atoms with Gasteiger partial charge in [-0.05, 0) is 39.3 Å². The summed E-state index contributed by atoms with van der Waals surface area (Å²) in [4.78, 5) is 15.6. The zero-order valence-electron chi connectivity index (χ0n) is 18.4. The molecule has 0 aliphatic heterocycles. The van der Waals surface area contributed by atoms with Crippen LogP contribution in [0.4, 0.5) is 11.8 Å². The van der Waals surface area contributed by atoms with Crippen LogP contribution in [-0.2, 0) is 0 Å². The molecule has 4 atom stereocenters. The number of pyridine rings is 1. The zero-order chi connectivity index (χ0) is 22.4. The maximum atomic E-state index is 10.5. The normalized spacial score (nSPS) is 23.5. The fourth-order valence-corrected chi connectivity index (χ4v) is 4.27. The topological polar surface area (TPSA) is 128 Å². The minimum Gasteiger partial charge on any atom is -0.454 e. The Bertz CT molecular complexity index is 1110. The third-order valence-corrected chi connectivity index (χ3v) is 5.88. The van der Waals surface area contributed by atoms with E-state index in [9.17, 15) is 15.3 Å². The van der Waals surface area contributed by atoms with Crippen LogP contribution in [0.25, 0.3) is 22.3 Å². The number of anilines is 2. The molecule has 1 aliphatic carbocycles. The van der Waals surface area contributed by atoms with Gasteiger partial charge in [-0.3, -0.25) is 4.98 Å². The van der Waals surface area contributed by atoms with E-state index in [-0.39, 0.29) is 6.61 Å². The van der Waals surface area contributed by atoms with Crippen molar-refractivity contribution in [3.8, 4) is 11.3 Å². The van der Waals surface area contributed by atoms with Crippen molar-refractivity contribution in [3.63, 3.8) is 0 Å². The summed E-state index contributed by atoms with van der Waals surface area (Å²) in [5, 5.41) is 34.5. The summed E-state index contributed by atoms with van der Waals surface area (Å²) in [6.45, 7) is 5.54. The Morgan fingerprint density at radius 2 is 1.81 bits per heavy atom. The number of nitrogens with one attached hydrogen (secondary N) is 1. The van der Waals surface area contributed by atoms with Gasteiger partial charge in [0.05, 0.1) is 29.1 Å². The Kier molecular flexibility index (Phi) is 5.59. The Morgan fingerprint density at radius 1 is 1.06 bits per heavy atom. The van der Waals surface area contributed by atoms with E-state index < -0.39 is 24.2 Å². The summed E-state index contributed by atoms with van der Waals surface area (Å²) in [5.74, 6) is 1.23. The summed E-state index contributed by atoms with van der Waals surface area (Å²) in [5.41, 5.74) is 3.82. The van der Waals surface area contributed by atoms with Gasteiger partial charge in [-0.15, -0.1) is 0 Å². The molecule has 0 spiro atoms. The van der Waals surface area contributed by atoms with E-state index in [1.54, 1.807) is 4.90 Å². The summed E-state index contributed by atoms with van der Waals surface area (Å²) in [6.07, 6.45) is -1.60. The lowest BCUT2D eigenvalue weighted by Crippen LogP contribution is -2.36. The molecule has 0 amide bonds. The van der Waals surface area contributed by atoms with Crippen LogP contribution in [0.15, 0.2) is 16.5 Å². The molecule has 9 heteroatoms. The van der Waals surface area contributed by atoms with Crippen molar-refractivity contribution in [2.45, 2.75) is 45.4 Å². The number of aromatic nitrogens is 3. The predicted molar refractivity (Wildman–Crippen MR) is 118 cm³/mol. The second-order valence-electron chi connectivity index (χ2n) is 8.52. The summed E-state index contributed by atoms with van der Waals surface area (Å²) >= 11 is 0. The molecule has 3 aromatic rings. The van der Waals surface area contributed by atoms with Crippen LogP contribution in [0.2, 0.25) is 0 Å². The number of aliphatic hydroxyl groups is 3. The fourth-order valence-electron chi connectivity index (χ4n) is 4.27. The number of aryl methyl sites for hydroxylation is 3. The standard InChI is InChI=1S/C22H29N5O4/c1-10-6-13-8-16(31-20(13)12(3)23-10)17-11(2)24-22(27(4)5)26-21(17)25-15-7-14(9-28)18(29)19(15)30/h6,8,14-15,18-19,28-30H,7,9H2,1-5H3,(H,24,25,26)/t14-,15-,18-,19+/m1/s1. The Hall–Kier alpha value is -2.75. The van der Waals surface area contributed by atoms with Crippen LogP contribution in [-0.4, -0.2) is 69.2 Å². The first-order chi connectivity index (χ1) is 14.7. The Labute approximate surface area is 180 Å². The average molecular weight is 428 g/mol. The number of hydrogen-bond donors (Lipinski definition) is 4. The van der Waals surface area contributed by atoms with Gasteiger partial charge >= 0.3 is 0 Å². The van der Waals surface area contributed by atoms with Gasteiger partial charge in [0.15, 0.2) is 5.58 Å². The largest absolute Gasteiger partial charge is 0.454 e. The highest BCUT2D eigenvalue weighted by Crippen LogP contribution is 2.37. The van der Waals surface area contributed by atoms with Crippen LogP contribution < -0.4 is 10.2 Å². The molecule has 0 aromatic carbocycles. The van der Waals surface area contributed by atoms with Gasteiger partial charge in [0, 0.05) is 37.7 Å². The van der Waals surface area contributed by atoms with Crippen LogP contribution in [0.3, 0.4) is 0 Å². The lowest BCUT2D eigenvalue weighted by molar-refractivity contribution is 0.00446. The summed E-state index contributed by atoms with van der Waals surface area (Å²) in [6, 6.07) is 3.44. The minimum absolute atomic E-state index is 0.190. The maximum absolute atomic E-state index is 10.5. The second-order valence-corrected chi connectivity index (χ2v) is 8.52. The van der Waals surface area contributed by atoms with Crippen molar-refractivity contribution in [3.05, 3.63) is 29.2 Å². The number of aliphatic hydroxyl groups excluding tert-OH is 3. The molecule has 166 valence electrons. The van der Waals surface area contributed by atoms with Gasteiger partial charge in [0.1, 0.15) is 17.7 Å². The summed E-state index contributed by atoms with van der Waals surface area (Å²) in [7, 11) is 3.71. The van der Waals surface area contributed by atoms with Crippen LogP contribution in [0.1, 0.15) is 23.5 Å². The molecule has 1 fully saturated rings. The molecule has 3 aromatic heterocycles. The Morgan fingerprint density at radius 3 is 2.45 bits per heavy atom. The number of rotatable bonds is 5. The van der Waals surface area contributed by atoms with Crippen molar-refractivity contribution >= 4 is 22.7 Å². The third kappa shape index (κ3) is 3.84. The molecule has 9 nitrogen and oxygen atoms in total. The predicted octanol–water partition coefficient (Wildman–Crippen LogP) is 1.79. The maximum Gasteiger partial charge on any atom is 0.227 e. The molecule has 1 saturated carbocycles. The lowest BCUT2D eigenvalue weighted by Gasteiger charge is -2.22. The number of furan rings is 1. The SMILES string of the molecule is Cc1cc2cc(-c3c(C)nc(N(C)C)nc3N[C@@H]3C[C@H](CO)[C@@H](O)[C@H]3O)oc2c(C)n1. The molecule has 31 heavy (non-hydrogen) atoms. The highest BCUT2D eigenvalue weighted by atomic mass is 16.3. The van der Waals surface area contributed by atoms with E-state index >= 15 is 0 Å². The van der Waals surface area contributed by atoms with E-state index in [1.165, 1.54) is 0 Å². The van der Waals surface area contributed by atoms with E-state index in [0.717, 1.165) is 16.8 Å². The lowest BCUT2D eigenvalue weighted by atomic mass is 10.1. The molecule has 0 unspecified atom stereocenters. The monoisotopic (exact) mass is 427 g/mol. The van der Waals surface area contributed by atoms with E-state index in [0.29, 0.717) is 40.8 Å². The second kappa shape index (κ2) is 8.07. The van der Waals surface area contributed by atoms with Crippen LogP contribution in [0, 0.1) is 26.7 Å². The number of nitrogens with zero attached hydrogens (tertiary/aromatic N) is 4. The van der Waals surface area contributed by atoms with Crippen molar-refractivity contribution in [2.75, 3.05) is 30.9 Å². The minimum atomic E-state index is -1.02. The zero-order valence-corrected chi connectivity index (χ0v) is 18.4. The molecule has 4 rings (SSSR count). The summed E-state index contributed by atoms with van der Waals surface area (Å²) < 4.78 is 6.17. The average Bonchev–Trinajstić information content (AvgIpc) is 3.23. The molecule has 4 N–H and O–H groups in total. The molecular weight excluding hydrogens is 398 g/mol. The highest BCUT2D eigenvalue weighted by Gasteiger charge is 2.41. The van der Waals surface area contributed by atoms with Crippen molar-refractivity contribution in [2.24, 2.45) is 5.92 Å². The van der Waals surface area contributed by atoms with Gasteiger partial charge in [-0.1, -0.05) is 0 Å². The first kappa shape index (κ1) is 21.5. The Balaban J connectivity index is 1.82. The molecule has 1 aliphatic rings. The quantitative estimate of drug-likeness (QED) is 0.482. The van der Waals surface area contributed by atoms with Gasteiger partial charge in [-0.25, -0.2) is 4.98 Å². The van der Waals surface area contributed by atoms with Gasteiger partial charge in [-0.2, -0.15) is 4.98 Å². The third-order valence-electron chi connectivity index (χ3n) is 5.88. The fraction of sp³-hybridized carbons (Fsp3) is 0.500. The van der Waals surface area contributed by atoms with E-state index in [4.69, 9.17) is 4.42 Å². The first-order valence-electron chi connectivity index (χ1n) is 10.4. The van der Waals surface area contributed by atoms with Gasteiger partial charge < -0.3 is 30.0 Å². The molecule has 0 saturated heterocycles. The van der Waals surface area contributed by atoms with Crippen LogP contribution >= 0.6 is 0 Å². The van der Waals surface area contributed by atoms with Crippen molar-refractivity contribution in [1.29, 1.82) is 0 Å². The molecule has 0 radical (unpaired) electrons. The smallest absolute Gasteiger partial charge is 0.227 e. The molecule has 3 heterocycles. The van der Waals surface area contributed by atoms with Crippen molar-refractivity contribution in [1.82, 2.24) is 15.0 Å². The number of hydrogen-bond acceptors (Lipinski definition) is 9.